The molecule has 1 aromatic rings. The van der Waals surface area contributed by atoms with E-state index in [0.29, 0.717) is 23.4 Å². The molecule has 0 aromatic heterocycles. The first-order chi connectivity index (χ1) is 9.49. The van der Waals surface area contributed by atoms with Crippen molar-refractivity contribution in [1.29, 1.82) is 0 Å². The molecule has 6 heteroatoms. The quantitative estimate of drug-likeness (QED) is 0.900. The molecule has 1 aromatic carbocycles. The van der Waals surface area contributed by atoms with Crippen LogP contribution in [-0.2, 0) is 4.79 Å². The second kappa shape index (κ2) is 6.78. The Labute approximate surface area is 132 Å². The first kappa shape index (κ1) is 15.6. The Balaban J connectivity index is 1.94. The highest BCUT2D eigenvalue weighted by molar-refractivity contribution is 9.10. The maximum absolute atomic E-state index is 12.2. The van der Waals surface area contributed by atoms with Crippen LogP contribution in [0.15, 0.2) is 22.7 Å². The molecule has 2 rings (SSSR count). The summed E-state index contributed by atoms with van der Waals surface area (Å²) in [5.74, 6) is 0.517. The fourth-order valence-electron chi connectivity index (χ4n) is 2.22. The SMILES string of the molecule is CC1NCCN(C(=O)COc2ccc(Br)cc2Cl)C1C. The Morgan fingerprint density at radius 1 is 1.55 bits per heavy atom. The Morgan fingerprint density at radius 3 is 3.00 bits per heavy atom. The number of nitrogens with one attached hydrogen (secondary N) is 1. The lowest BCUT2D eigenvalue weighted by Crippen LogP contribution is -2.58. The third kappa shape index (κ3) is 3.65. The Bertz CT molecular complexity index is 498. The summed E-state index contributed by atoms with van der Waals surface area (Å²) >= 11 is 9.39. The molecule has 4 nitrogen and oxygen atoms in total. The fourth-order valence-corrected chi connectivity index (χ4v) is 2.95. The third-order valence-corrected chi connectivity index (χ3v) is 4.39. The van der Waals surface area contributed by atoms with Crippen LogP contribution in [0.25, 0.3) is 0 Å². The highest BCUT2D eigenvalue weighted by Gasteiger charge is 2.28. The average Bonchev–Trinajstić information content (AvgIpc) is 2.40. The molecule has 2 atom stereocenters. The highest BCUT2D eigenvalue weighted by atomic mass is 79.9. The number of halogens is 2. The molecule has 0 saturated carbocycles. The standard InChI is InChI=1S/C14H18BrClN2O2/c1-9-10(2)18(6-5-17-9)14(19)8-20-13-4-3-11(15)7-12(13)16/h3-4,7,9-10,17H,5-6,8H2,1-2H3. The van der Waals surface area contributed by atoms with Crippen LogP contribution in [0.3, 0.4) is 0 Å². The number of hydrogen-bond donors (Lipinski definition) is 1. The van der Waals surface area contributed by atoms with E-state index in [1.54, 1.807) is 12.1 Å². The van der Waals surface area contributed by atoms with E-state index in [4.69, 9.17) is 16.3 Å². The number of benzene rings is 1. The zero-order chi connectivity index (χ0) is 14.7. The summed E-state index contributed by atoms with van der Waals surface area (Å²) in [4.78, 5) is 14.1. The molecule has 0 aliphatic carbocycles. The Hall–Kier alpha value is -0.780. The number of piperazine rings is 1. The van der Waals surface area contributed by atoms with E-state index in [-0.39, 0.29) is 18.6 Å². The highest BCUT2D eigenvalue weighted by Crippen LogP contribution is 2.27. The molecule has 1 saturated heterocycles. The van der Waals surface area contributed by atoms with Gasteiger partial charge in [0.25, 0.3) is 5.91 Å². The van der Waals surface area contributed by atoms with Gasteiger partial charge in [-0.1, -0.05) is 27.5 Å². The molecule has 1 heterocycles. The van der Waals surface area contributed by atoms with Crippen LogP contribution in [0, 0.1) is 0 Å². The van der Waals surface area contributed by atoms with Crippen molar-refractivity contribution in [3.05, 3.63) is 27.7 Å². The number of carbonyl (C=O) groups excluding carboxylic acids is 1. The number of carbonyl (C=O) groups is 1. The van der Waals surface area contributed by atoms with Gasteiger partial charge in [0.2, 0.25) is 0 Å². The van der Waals surface area contributed by atoms with Crippen molar-refractivity contribution >= 4 is 33.4 Å². The van der Waals surface area contributed by atoms with Crippen LogP contribution in [0.2, 0.25) is 5.02 Å². The van der Waals surface area contributed by atoms with Crippen molar-refractivity contribution < 1.29 is 9.53 Å². The van der Waals surface area contributed by atoms with E-state index in [1.807, 2.05) is 17.9 Å². The zero-order valence-electron chi connectivity index (χ0n) is 11.5. The van der Waals surface area contributed by atoms with Gasteiger partial charge in [-0.3, -0.25) is 4.79 Å². The number of hydrogen-bond acceptors (Lipinski definition) is 3. The molecule has 1 N–H and O–H groups in total. The summed E-state index contributed by atoms with van der Waals surface area (Å²) in [7, 11) is 0. The lowest BCUT2D eigenvalue weighted by molar-refractivity contribution is -0.137. The summed E-state index contributed by atoms with van der Waals surface area (Å²) in [5, 5.41) is 3.84. The summed E-state index contributed by atoms with van der Waals surface area (Å²) in [6, 6.07) is 5.80. The van der Waals surface area contributed by atoms with Crippen LogP contribution < -0.4 is 10.1 Å². The maximum atomic E-state index is 12.2. The minimum Gasteiger partial charge on any atom is -0.482 e. The first-order valence-corrected chi connectivity index (χ1v) is 7.77. The number of amides is 1. The monoisotopic (exact) mass is 360 g/mol. The van der Waals surface area contributed by atoms with Gasteiger partial charge in [-0.05, 0) is 32.0 Å². The van der Waals surface area contributed by atoms with Gasteiger partial charge < -0.3 is 15.0 Å². The zero-order valence-corrected chi connectivity index (χ0v) is 13.9. The van der Waals surface area contributed by atoms with Crippen LogP contribution >= 0.6 is 27.5 Å². The van der Waals surface area contributed by atoms with Crippen molar-refractivity contribution in [3.8, 4) is 5.75 Å². The van der Waals surface area contributed by atoms with Gasteiger partial charge in [0.1, 0.15) is 5.75 Å². The van der Waals surface area contributed by atoms with Crippen LogP contribution in [-0.4, -0.2) is 42.6 Å². The predicted octanol–water partition coefficient (Wildman–Crippen LogP) is 2.69. The van der Waals surface area contributed by atoms with E-state index >= 15 is 0 Å². The molecule has 1 aliphatic heterocycles. The second-order valence-corrected chi connectivity index (χ2v) is 6.26. The second-order valence-electron chi connectivity index (χ2n) is 4.93. The molecule has 0 spiro atoms. The van der Waals surface area contributed by atoms with Gasteiger partial charge in [-0.15, -0.1) is 0 Å². The largest absolute Gasteiger partial charge is 0.482 e. The lowest BCUT2D eigenvalue weighted by atomic mass is 10.1. The summed E-state index contributed by atoms with van der Waals surface area (Å²) in [6.07, 6.45) is 0. The summed E-state index contributed by atoms with van der Waals surface area (Å²) in [6.45, 7) is 5.66. The molecule has 20 heavy (non-hydrogen) atoms. The third-order valence-electron chi connectivity index (χ3n) is 3.60. The van der Waals surface area contributed by atoms with Crippen LogP contribution in [0.4, 0.5) is 0 Å². The van der Waals surface area contributed by atoms with Crippen molar-refractivity contribution in [3.63, 3.8) is 0 Å². The first-order valence-electron chi connectivity index (χ1n) is 6.59. The van der Waals surface area contributed by atoms with E-state index in [1.165, 1.54) is 0 Å². The molecular weight excluding hydrogens is 344 g/mol. The number of rotatable bonds is 3. The van der Waals surface area contributed by atoms with Crippen LogP contribution in [0.1, 0.15) is 13.8 Å². The average molecular weight is 362 g/mol. The van der Waals surface area contributed by atoms with Crippen molar-refractivity contribution in [2.45, 2.75) is 25.9 Å². The van der Waals surface area contributed by atoms with Crippen molar-refractivity contribution in [1.82, 2.24) is 10.2 Å². The molecule has 2 unspecified atom stereocenters. The minimum atomic E-state index is -0.00941. The Morgan fingerprint density at radius 2 is 2.30 bits per heavy atom. The molecule has 1 fully saturated rings. The Kier molecular flexibility index (Phi) is 5.29. The minimum absolute atomic E-state index is 0.00941. The van der Waals surface area contributed by atoms with Gasteiger partial charge in [0.05, 0.1) is 5.02 Å². The van der Waals surface area contributed by atoms with Crippen LogP contribution in [0.5, 0.6) is 5.75 Å². The van der Waals surface area contributed by atoms with Gasteiger partial charge in [-0.25, -0.2) is 0 Å². The van der Waals surface area contributed by atoms with E-state index in [9.17, 15) is 4.79 Å². The predicted molar refractivity (Wildman–Crippen MR) is 83.3 cm³/mol. The van der Waals surface area contributed by atoms with Gasteiger partial charge >= 0.3 is 0 Å². The smallest absolute Gasteiger partial charge is 0.260 e. The maximum Gasteiger partial charge on any atom is 0.260 e. The normalized spacial score (nSPS) is 22.7. The van der Waals surface area contributed by atoms with E-state index in [0.717, 1.165) is 11.0 Å². The molecule has 0 radical (unpaired) electrons. The summed E-state index contributed by atoms with van der Waals surface area (Å²) < 4.78 is 6.41. The summed E-state index contributed by atoms with van der Waals surface area (Å²) in [5.41, 5.74) is 0. The number of ether oxygens (including phenoxy) is 1. The van der Waals surface area contributed by atoms with Gasteiger partial charge in [0, 0.05) is 29.6 Å². The lowest BCUT2D eigenvalue weighted by Gasteiger charge is -2.38. The van der Waals surface area contributed by atoms with E-state index in [2.05, 4.69) is 28.2 Å². The molecule has 110 valence electrons. The van der Waals surface area contributed by atoms with Gasteiger partial charge in [0.15, 0.2) is 6.61 Å². The van der Waals surface area contributed by atoms with E-state index < -0.39 is 0 Å². The molecule has 1 aliphatic rings. The topological polar surface area (TPSA) is 41.6 Å². The molecule has 0 bridgehead atoms. The van der Waals surface area contributed by atoms with Gasteiger partial charge in [-0.2, -0.15) is 0 Å². The van der Waals surface area contributed by atoms with Crippen molar-refractivity contribution in [2.75, 3.05) is 19.7 Å². The van der Waals surface area contributed by atoms with Crippen molar-refractivity contribution in [2.24, 2.45) is 0 Å². The number of nitrogens with zero attached hydrogens (tertiary/aromatic N) is 1. The molecule has 1 amide bonds. The molecular formula is C14H18BrClN2O2. The fraction of sp³-hybridized carbons (Fsp3) is 0.500.